The van der Waals surface area contributed by atoms with Gasteiger partial charge in [-0.3, -0.25) is 4.79 Å². The summed E-state index contributed by atoms with van der Waals surface area (Å²) in [7, 11) is 0. The molecule has 0 atom stereocenters. The standard InChI is InChI=1S/C26H31N5O4/c1-14-3-10-20(35-12-16-4-5-16)19(11-14)22-24-23(28-13-27-22)21(15(2)29-24)25(32)30-17-6-8-18(9-7-17)31-26(33)34/h3,10-11,13,16-18,29,31H,4-9,12H2,1-2H3,(H,30,32)(H,33,34)/t17-,18+. The minimum atomic E-state index is -1.00. The third kappa shape index (κ3) is 5.08. The van der Waals surface area contributed by atoms with E-state index in [1.54, 1.807) is 0 Å². The van der Waals surface area contributed by atoms with Gasteiger partial charge in [0.2, 0.25) is 0 Å². The zero-order valence-electron chi connectivity index (χ0n) is 20.1. The van der Waals surface area contributed by atoms with Crippen molar-refractivity contribution in [2.75, 3.05) is 6.61 Å². The summed E-state index contributed by atoms with van der Waals surface area (Å²) in [5.41, 5.74) is 5.24. The Kier molecular flexibility index (Phi) is 6.32. The van der Waals surface area contributed by atoms with Crippen molar-refractivity contribution >= 4 is 23.0 Å². The third-order valence-corrected chi connectivity index (χ3v) is 6.95. The number of nitrogens with zero attached hydrogens (tertiary/aromatic N) is 2. The summed E-state index contributed by atoms with van der Waals surface area (Å²) in [6, 6.07) is 6.02. The van der Waals surface area contributed by atoms with Gasteiger partial charge in [0.1, 0.15) is 23.3 Å². The molecule has 2 aliphatic rings. The van der Waals surface area contributed by atoms with E-state index in [0.29, 0.717) is 47.7 Å². The monoisotopic (exact) mass is 477 g/mol. The molecular formula is C26H31N5O4. The van der Waals surface area contributed by atoms with Crippen LogP contribution in [0.1, 0.15) is 60.1 Å². The highest BCUT2D eigenvalue weighted by Crippen LogP contribution is 2.37. The molecule has 9 heteroatoms. The SMILES string of the molecule is Cc1ccc(OCC2CC2)c(-c2ncnc3c(C(=O)N[C@H]4CC[C@@H](NC(=O)O)CC4)c(C)[nH]c23)c1. The van der Waals surface area contributed by atoms with Gasteiger partial charge in [-0.1, -0.05) is 11.6 Å². The zero-order chi connectivity index (χ0) is 24.5. The summed E-state index contributed by atoms with van der Waals surface area (Å²) in [6.45, 7) is 4.60. The molecule has 2 amide bonds. The molecule has 2 aliphatic carbocycles. The molecule has 9 nitrogen and oxygen atoms in total. The van der Waals surface area contributed by atoms with E-state index in [0.717, 1.165) is 35.4 Å². The van der Waals surface area contributed by atoms with E-state index >= 15 is 0 Å². The Labute approximate surface area is 203 Å². The number of ether oxygens (including phenoxy) is 1. The molecule has 2 saturated carbocycles. The first-order valence-electron chi connectivity index (χ1n) is 12.3. The van der Waals surface area contributed by atoms with Crippen LogP contribution in [0, 0.1) is 19.8 Å². The highest BCUT2D eigenvalue weighted by molar-refractivity contribution is 6.09. The Morgan fingerprint density at radius 2 is 1.77 bits per heavy atom. The summed E-state index contributed by atoms with van der Waals surface area (Å²) in [5, 5.41) is 14.6. The summed E-state index contributed by atoms with van der Waals surface area (Å²) < 4.78 is 6.14. The smallest absolute Gasteiger partial charge is 0.404 e. The molecule has 184 valence electrons. The van der Waals surface area contributed by atoms with Crippen LogP contribution in [-0.2, 0) is 0 Å². The summed E-state index contributed by atoms with van der Waals surface area (Å²) in [5.74, 6) is 1.24. The van der Waals surface area contributed by atoms with Crippen LogP contribution in [-0.4, -0.2) is 50.7 Å². The number of fused-ring (bicyclic) bond motifs is 1. The number of aromatic amines is 1. The van der Waals surface area contributed by atoms with Gasteiger partial charge in [-0.15, -0.1) is 0 Å². The number of amides is 2. The molecular weight excluding hydrogens is 446 g/mol. The molecule has 0 spiro atoms. The molecule has 35 heavy (non-hydrogen) atoms. The van der Waals surface area contributed by atoms with Crippen LogP contribution in [0.2, 0.25) is 0 Å². The second-order valence-corrected chi connectivity index (χ2v) is 9.80. The molecule has 2 heterocycles. The quantitative estimate of drug-likeness (QED) is 0.401. The van der Waals surface area contributed by atoms with Crippen molar-refractivity contribution in [3.8, 4) is 17.0 Å². The number of nitrogens with one attached hydrogen (secondary N) is 3. The highest BCUT2D eigenvalue weighted by Gasteiger charge is 2.27. The largest absolute Gasteiger partial charge is 0.493 e. The van der Waals surface area contributed by atoms with Crippen LogP contribution in [0.4, 0.5) is 4.79 Å². The second-order valence-electron chi connectivity index (χ2n) is 9.80. The number of hydrogen-bond acceptors (Lipinski definition) is 5. The molecule has 0 bridgehead atoms. The molecule has 0 unspecified atom stereocenters. The molecule has 0 aliphatic heterocycles. The van der Waals surface area contributed by atoms with Crippen LogP contribution >= 0.6 is 0 Å². The lowest BCUT2D eigenvalue weighted by Gasteiger charge is -2.28. The van der Waals surface area contributed by atoms with Gasteiger partial charge >= 0.3 is 6.09 Å². The van der Waals surface area contributed by atoms with Gasteiger partial charge in [0.05, 0.1) is 17.7 Å². The minimum Gasteiger partial charge on any atom is -0.493 e. The Morgan fingerprint density at radius 1 is 1.06 bits per heavy atom. The first kappa shape index (κ1) is 23.1. The molecule has 4 N–H and O–H groups in total. The third-order valence-electron chi connectivity index (χ3n) is 6.95. The van der Waals surface area contributed by atoms with Gasteiger partial charge in [-0.2, -0.15) is 0 Å². The molecule has 0 radical (unpaired) electrons. The fraction of sp³-hybridized carbons (Fsp3) is 0.462. The molecule has 3 aromatic rings. The number of hydrogen-bond donors (Lipinski definition) is 4. The Hall–Kier alpha value is -3.62. The molecule has 5 rings (SSSR count). The van der Waals surface area contributed by atoms with E-state index in [-0.39, 0.29) is 18.0 Å². The maximum Gasteiger partial charge on any atom is 0.404 e. The predicted octanol–water partition coefficient (Wildman–Crippen LogP) is 4.34. The van der Waals surface area contributed by atoms with Crippen LogP contribution in [0.3, 0.4) is 0 Å². The van der Waals surface area contributed by atoms with Gasteiger partial charge < -0.3 is 25.5 Å². The Balaban J connectivity index is 1.40. The molecule has 0 saturated heterocycles. The number of benzene rings is 1. The topological polar surface area (TPSA) is 129 Å². The molecule has 2 fully saturated rings. The van der Waals surface area contributed by atoms with E-state index < -0.39 is 6.09 Å². The van der Waals surface area contributed by atoms with Crippen molar-refractivity contribution in [1.82, 2.24) is 25.6 Å². The van der Waals surface area contributed by atoms with Gasteiger partial charge in [0.15, 0.2) is 0 Å². The van der Waals surface area contributed by atoms with Crippen LogP contribution in [0.15, 0.2) is 24.5 Å². The number of rotatable bonds is 7. The average Bonchev–Trinajstić information content (AvgIpc) is 3.58. The lowest BCUT2D eigenvalue weighted by molar-refractivity contribution is 0.0924. The summed E-state index contributed by atoms with van der Waals surface area (Å²) in [4.78, 5) is 36.6. The zero-order valence-corrected chi connectivity index (χ0v) is 20.1. The van der Waals surface area contributed by atoms with Crippen LogP contribution in [0.25, 0.3) is 22.3 Å². The molecule has 2 aromatic heterocycles. The van der Waals surface area contributed by atoms with E-state index in [1.807, 2.05) is 26.0 Å². The van der Waals surface area contributed by atoms with Crippen molar-refractivity contribution in [3.05, 3.63) is 41.3 Å². The maximum atomic E-state index is 13.3. The maximum absolute atomic E-state index is 13.3. The van der Waals surface area contributed by atoms with Gasteiger partial charge in [-0.25, -0.2) is 14.8 Å². The fourth-order valence-electron chi connectivity index (χ4n) is 4.86. The number of carbonyl (C=O) groups excluding carboxylic acids is 1. The number of carboxylic acid groups (broad SMARTS) is 1. The van der Waals surface area contributed by atoms with Gasteiger partial charge in [0.25, 0.3) is 5.91 Å². The van der Waals surface area contributed by atoms with Crippen molar-refractivity contribution in [2.45, 2.75) is 64.5 Å². The number of aryl methyl sites for hydroxylation is 2. The Morgan fingerprint density at radius 3 is 2.46 bits per heavy atom. The summed E-state index contributed by atoms with van der Waals surface area (Å²) >= 11 is 0. The van der Waals surface area contributed by atoms with E-state index in [4.69, 9.17) is 9.84 Å². The van der Waals surface area contributed by atoms with Crippen LogP contribution < -0.4 is 15.4 Å². The lowest BCUT2D eigenvalue weighted by atomic mass is 9.91. The predicted molar refractivity (Wildman–Crippen MR) is 132 cm³/mol. The lowest BCUT2D eigenvalue weighted by Crippen LogP contribution is -2.43. The number of carbonyl (C=O) groups is 2. The van der Waals surface area contributed by atoms with E-state index in [1.165, 1.54) is 19.2 Å². The van der Waals surface area contributed by atoms with Gasteiger partial charge in [0, 0.05) is 23.3 Å². The van der Waals surface area contributed by atoms with Crippen molar-refractivity contribution in [2.24, 2.45) is 5.92 Å². The molecule has 1 aromatic carbocycles. The van der Waals surface area contributed by atoms with Gasteiger partial charge in [-0.05, 0) is 70.4 Å². The Bertz CT molecular complexity index is 1260. The average molecular weight is 478 g/mol. The number of H-pyrrole nitrogens is 1. The highest BCUT2D eigenvalue weighted by atomic mass is 16.5. The normalized spacial score (nSPS) is 19.9. The van der Waals surface area contributed by atoms with Crippen molar-refractivity contribution in [1.29, 1.82) is 0 Å². The fourth-order valence-corrected chi connectivity index (χ4v) is 4.86. The summed E-state index contributed by atoms with van der Waals surface area (Å²) in [6.07, 6.45) is 5.78. The minimum absolute atomic E-state index is 0.000739. The van der Waals surface area contributed by atoms with Crippen LogP contribution in [0.5, 0.6) is 5.75 Å². The van der Waals surface area contributed by atoms with Crippen molar-refractivity contribution < 1.29 is 19.4 Å². The first-order valence-corrected chi connectivity index (χ1v) is 12.3. The number of aromatic nitrogens is 3. The van der Waals surface area contributed by atoms with Crippen molar-refractivity contribution in [3.63, 3.8) is 0 Å². The van der Waals surface area contributed by atoms with E-state index in [2.05, 4.69) is 31.7 Å². The van der Waals surface area contributed by atoms with E-state index in [9.17, 15) is 9.59 Å². The first-order chi connectivity index (χ1) is 16.9. The second kappa shape index (κ2) is 9.56.